The molecule has 2 rings (SSSR count). The summed E-state index contributed by atoms with van der Waals surface area (Å²) in [4.78, 5) is 2.84. The summed E-state index contributed by atoms with van der Waals surface area (Å²) in [5.74, 6) is 2.71. The van der Waals surface area contributed by atoms with Gasteiger partial charge in [0.2, 0.25) is 0 Å². The fourth-order valence-corrected chi connectivity index (χ4v) is 4.05. The summed E-state index contributed by atoms with van der Waals surface area (Å²) in [5, 5.41) is 3.78. The number of rotatable bonds is 9. The molecule has 2 heteroatoms. The number of hydrogen-bond donors (Lipinski definition) is 1. The maximum atomic E-state index is 3.78. The second-order valence-electron chi connectivity index (χ2n) is 7.92. The lowest BCUT2D eigenvalue weighted by Gasteiger charge is -2.39. The van der Waals surface area contributed by atoms with Crippen molar-refractivity contribution in [1.29, 1.82) is 0 Å². The molecule has 2 nitrogen and oxygen atoms in total. The van der Waals surface area contributed by atoms with E-state index in [1.165, 1.54) is 58.0 Å². The average Bonchev–Trinajstić information content (AvgIpc) is 3.29. The summed E-state index contributed by atoms with van der Waals surface area (Å²) >= 11 is 0. The molecule has 0 saturated heterocycles. The van der Waals surface area contributed by atoms with Gasteiger partial charge in [0.25, 0.3) is 0 Å². The quantitative estimate of drug-likeness (QED) is 0.682. The molecule has 3 atom stereocenters. The van der Waals surface area contributed by atoms with Gasteiger partial charge in [-0.1, -0.05) is 34.1 Å². The van der Waals surface area contributed by atoms with E-state index in [1.54, 1.807) is 0 Å². The zero-order valence-corrected chi connectivity index (χ0v) is 14.9. The largest absolute Gasteiger partial charge is 0.314 e. The monoisotopic (exact) mass is 294 g/mol. The summed E-state index contributed by atoms with van der Waals surface area (Å²) in [6, 6.07) is 1.70. The van der Waals surface area contributed by atoms with Gasteiger partial charge in [0.1, 0.15) is 0 Å². The van der Waals surface area contributed by atoms with Crippen LogP contribution in [0.4, 0.5) is 0 Å². The van der Waals surface area contributed by atoms with Crippen molar-refractivity contribution in [3.63, 3.8) is 0 Å². The van der Waals surface area contributed by atoms with Gasteiger partial charge in [0.15, 0.2) is 0 Å². The second-order valence-corrected chi connectivity index (χ2v) is 7.92. The molecule has 0 spiro atoms. The predicted octanol–water partition coefficient (Wildman–Crippen LogP) is 4.30. The zero-order chi connectivity index (χ0) is 15.2. The third-order valence-electron chi connectivity index (χ3n) is 5.66. The molecule has 0 aromatic heterocycles. The van der Waals surface area contributed by atoms with Crippen LogP contribution >= 0.6 is 0 Å². The van der Waals surface area contributed by atoms with Crippen molar-refractivity contribution in [2.45, 2.75) is 84.7 Å². The van der Waals surface area contributed by atoms with E-state index in [0.29, 0.717) is 0 Å². The summed E-state index contributed by atoms with van der Waals surface area (Å²) < 4.78 is 0. The van der Waals surface area contributed by atoms with Crippen LogP contribution in [0.5, 0.6) is 0 Å². The van der Waals surface area contributed by atoms with Crippen molar-refractivity contribution in [2.24, 2.45) is 17.8 Å². The zero-order valence-electron chi connectivity index (χ0n) is 14.9. The Balaban J connectivity index is 1.90. The minimum Gasteiger partial charge on any atom is -0.314 e. The van der Waals surface area contributed by atoms with Crippen molar-refractivity contribution in [3.05, 3.63) is 0 Å². The van der Waals surface area contributed by atoms with Gasteiger partial charge in [0.05, 0.1) is 0 Å². The first-order valence-electron chi connectivity index (χ1n) is 9.61. The Morgan fingerprint density at radius 1 is 1.10 bits per heavy atom. The predicted molar refractivity (Wildman–Crippen MR) is 92.6 cm³/mol. The van der Waals surface area contributed by atoms with E-state index in [1.807, 2.05) is 0 Å². The molecule has 0 radical (unpaired) electrons. The van der Waals surface area contributed by atoms with Gasteiger partial charge < -0.3 is 10.2 Å². The van der Waals surface area contributed by atoms with Crippen molar-refractivity contribution in [3.8, 4) is 0 Å². The van der Waals surface area contributed by atoms with Crippen molar-refractivity contribution >= 4 is 0 Å². The molecule has 0 aromatic carbocycles. The molecule has 3 unspecified atom stereocenters. The summed E-state index contributed by atoms with van der Waals surface area (Å²) in [5.41, 5.74) is 0. The Kier molecular flexibility index (Phi) is 7.01. The lowest BCUT2D eigenvalue weighted by atomic mass is 9.76. The highest BCUT2D eigenvalue weighted by atomic mass is 15.2. The van der Waals surface area contributed by atoms with Crippen LogP contribution in [0.3, 0.4) is 0 Å². The van der Waals surface area contributed by atoms with E-state index in [0.717, 1.165) is 36.4 Å². The molecular formula is C19H38N2. The molecule has 2 aliphatic carbocycles. The topological polar surface area (TPSA) is 15.3 Å². The van der Waals surface area contributed by atoms with E-state index < -0.39 is 0 Å². The lowest BCUT2D eigenvalue weighted by Crippen LogP contribution is -2.46. The van der Waals surface area contributed by atoms with Gasteiger partial charge in [-0.3, -0.25) is 0 Å². The number of nitrogens with one attached hydrogen (secondary N) is 1. The summed E-state index contributed by atoms with van der Waals surface area (Å²) in [6.07, 6.45) is 9.96. The third-order valence-corrected chi connectivity index (χ3v) is 5.66. The molecule has 0 bridgehead atoms. The van der Waals surface area contributed by atoms with E-state index in [9.17, 15) is 0 Å². The standard InChI is InChI=1S/C19H38N2/c1-5-16-7-10-19(20-6-2)17(13-16)14-21(18-8-9-18)12-11-15(3)4/h15-20H,5-14H2,1-4H3. The summed E-state index contributed by atoms with van der Waals surface area (Å²) in [7, 11) is 0. The Bertz CT molecular complexity index is 285. The molecule has 2 aliphatic rings. The number of nitrogens with zero attached hydrogens (tertiary/aromatic N) is 1. The van der Waals surface area contributed by atoms with Crippen LogP contribution in [0.15, 0.2) is 0 Å². The molecule has 0 aromatic rings. The van der Waals surface area contributed by atoms with E-state index >= 15 is 0 Å². The van der Waals surface area contributed by atoms with Crippen molar-refractivity contribution in [1.82, 2.24) is 10.2 Å². The highest BCUT2D eigenvalue weighted by Crippen LogP contribution is 2.35. The second kappa shape index (κ2) is 8.53. The lowest BCUT2D eigenvalue weighted by molar-refractivity contribution is 0.130. The maximum Gasteiger partial charge on any atom is 0.0108 e. The van der Waals surface area contributed by atoms with Crippen LogP contribution in [0.25, 0.3) is 0 Å². The molecule has 1 N–H and O–H groups in total. The highest BCUT2D eigenvalue weighted by molar-refractivity contribution is 4.91. The van der Waals surface area contributed by atoms with Gasteiger partial charge in [-0.25, -0.2) is 0 Å². The molecule has 124 valence electrons. The van der Waals surface area contributed by atoms with Gasteiger partial charge in [0, 0.05) is 18.6 Å². The molecule has 0 aliphatic heterocycles. The Morgan fingerprint density at radius 2 is 1.86 bits per heavy atom. The summed E-state index contributed by atoms with van der Waals surface area (Å²) in [6.45, 7) is 13.2. The molecule has 21 heavy (non-hydrogen) atoms. The molecule has 2 saturated carbocycles. The van der Waals surface area contributed by atoms with E-state index in [2.05, 4.69) is 37.9 Å². The van der Waals surface area contributed by atoms with Crippen LogP contribution < -0.4 is 5.32 Å². The fourth-order valence-electron chi connectivity index (χ4n) is 4.05. The third kappa shape index (κ3) is 5.56. The normalized spacial score (nSPS) is 30.3. The minimum absolute atomic E-state index is 0.776. The van der Waals surface area contributed by atoms with Crippen LogP contribution in [-0.2, 0) is 0 Å². The fraction of sp³-hybridized carbons (Fsp3) is 1.00. The average molecular weight is 295 g/mol. The Morgan fingerprint density at radius 3 is 2.43 bits per heavy atom. The van der Waals surface area contributed by atoms with Gasteiger partial charge in [-0.05, 0) is 69.4 Å². The Labute approximate surface area is 133 Å². The maximum absolute atomic E-state index is 3.78. The van der Waals surface area contributed by atoms with Crippen LogP contribution in [0, 0.1) is 17.8 Å². The number of hydrogen-bond acceptors (Lipinski definition) is 2. The molecular weight excluding hydrogens is 256 g/mol. The first-order chi connectivity index (χ1) is 10.1. The van der Waals surface area contributed by atoms with Crippen molar-refractivity contribution < 1.29 is 0 Å². The van der Waals surface area contributed by atoms with E-state index in [-0.39, 0.29) is 0 Å². The SMILES string of the molecule is CCNC1CCC(CC)CC1CN(CCC(C)C)C1CC1. The molecule has 0 amide bonds. The van der Waals surface area contributed by atoms with Crippen LogP contribution in [0.2, 0.25) is 0 Å². The van der Waals surface area contributed by atoms with Gasteiger partial charge in [-0.15, -0.1) is 0 Å². The first kappa shape index (κ1) is 17.3. The molecule has 2 fully saturated rings. The van der Waals surface area contributed by atoms with Crippen LogP contribution in [0.1, 0.15) is 72.6 Å². The highest BCUT2D eigenvalue weighted by Gasteiger charge is 2.35. The van der Waals surface area contributed by atoms with E-state index in [4.69, 9.17) is 0 Å². The van der Waals surface area contributed by atoms with Gasteiger partial charge in [-0.2, -0.15) is 0 Å². The van der Waals surface area contributed by atoms with Crippen molar-refractivity contribution in [2.75, 3.05) is 19.6 Å². The van der Waals surface area contributed by atoms with Crippen LogP contribution in [-0.4, -0.2) is 36.6 Å². The molecule has 0 heterocycles. The van der Waals surface area contributed by atoms with Gasteiger partial charge >= 0.3 is 0 Å². The smallest absolute Gasteiger partial charge is 0.0108 e. The minimum atomic E-state index is 0.776. The first-order valence-corrected chi connectivity index (χ1v) is 9.61. The Hall–Kier alpha value is -0.0800.